The average Bonchev–Trinajstić information content (AvgIpc) is 2.56. The van der Waals surface area contributed by atoms with E-state index in [1.165, 1.54) is 16.7 Å². The molecule has 2 aliphatic heterocycles. The Morgan fingerprint density at radius 1 is 1.38 bits per heavy atom. The Hall–Kier alpha value is -1.61. The number of hydrogen-bond donors (Lipinski definition) is 1. The summed E-state index contributed by atoms with van der Waals surface area (Å²) in [7, 11) is 0. The summed E-state index contributed by atoms with van der Waals surface area (Å²) >= 11 is 0. The molecule has 1 saturated heterocycles. The maximum absolute atomic E-state index is 11.4. The Kier molecular flexibility index (Phi) is 4.39. The summed E-state index contributed by atoms with van der Waals surface area (Å²) in [6, 6.07) is 9.91. The molecule has 1 amide bonds. The van der Waals surface area contributed by atoms with E-state index in [-0.39, 0.29) is 5.91 Å². The molecule has 3 rings (SSSR count). The summed E-state index contributed by atoms with van der Waals surface area (Å²) in [6.07, 6.45) is 5.57. The number of hydrogen-bond acceptors (Lipinski definition) is 2. The second-order valence-electron chi connectivity index (χ2n) is 6.01. The third kappa shape index (κ3) is 3.35. The number of nitrogens with zero attached hydrogens (tertiary/aromatic N) is 1. The number of carbonyl (C=O) groups excluding carboxylic acids is 1. The van der Waals surface area contributed by atoms with Gasteiger partial charge in [-0.1, -0.05) is 24.3 Å². The van der Waals surface area contributed by atoms with Gasteiger partial charge in [0, 0.05) is 26.6 Å². The Morgan fingerprint density at radius 2 is 2.19 bits per heavy atom. The van der Waals surface area contributed by atoms with Crippen molar-refractivity contribution in [2.24, 2.45) is 0 Å². The first-order chi connectivity index (χ1) is 10.2. The van der Waals surface area contributed by atoms with E-state index in [0.717, 1.165) is 45.4 Å². The molecule has 0 bridgehead atoms. The summed E-state index contributed by atoms with van der Waals surface area (Å²) < 4.78 is 0. The molecule has 0 unspecified atom stereocenters. The first-order valence-electron chi connectivity index (χ1n) is 7.91. The SMILES string of the molecule is CC(=O)N1CCC(c2cc[c]c(C3=CCCNC3)c2)CC1. The number of benzene rings is 1. The number of likely N-dealkylation sites (tertiary alicyclic amines) is 1. The van der Waals surface area contributed by atoms with E-state index in [9.17, 15) is 4.79 Å². The smallest absolute Gasteiger partial charge is 0.219 e. The highest BCUT2D eigenvalue weighted by Gasteiger charge is 2.22. The van der Waals surface area contributed by atoms with Gasteiger partial charge in [-0.25, -0.2) is 0 Å². The van der Waals surface area contributed by atoms with Crippen LogP contribution in [0.2, 0.25) is 0 Å². The second kappa shape index (κ2) is 6.44. The molecule has 0 atom stereocenters. The molecule has 0 spiro atoms. The standard InChI is InChI=1S/C18H23N2O/c1-14(21)20-10-7-15(8-11-20)16-4-2-5-17(12-16)18-6-3-9-19-13-18/h2,4,6,12,15,19H,3,7-11,13H2,1H3. The van der Waals surface area contributed by atoms with E-state index in [1.54, 1.807) is 6.92 Å². The van der Waals surface area contributed by atoms with Crippen molar-refractivity contribution >= 4 is 11.5 Å². The fourth-order valence-corrected chi connectivity index (χ4v) is 3.30. The molecular formula is C18H23N2O. The molecule has 0 saturated carbocycles. The van der Waals surface area contributed by atoms with E-state index >= 15 is 0 Å². The van der Waals surface area contributed by atoms with E-state index in [0.29, 0.717) is 5.92 Å². The molecule has 2 heterocycles. The van der Waals surface area contributed by atoms with Gasteiger partial charge in [-0.3, -0.25) is 4.79 Å². The molecule has 1 aromatic carbocycles. The summed E-state index contributed by atoms with van der Waals surface area (Å²) in [4.78, 5) is 13.4. The summed E-state index contributed by atoms with van der Waals surface area (Å²) in [6.45, 7) is 5.46. The number of piperidine rings is 1. The van der Waals surface area contributed by atoms with Crippen LogP contribution in [0.3, 0.4) is 0 Å². The first-order valence-corrected chi connectivity index (χ1v) is 7.91. The van der Waals surface area contributed by atoms with E-state index in [2.05, 4.69) is 35.7 Å². The third-order valence-corrected chi connectivity index (χ3v) is 4.61. The number of carbonyl (C=O) groups is 1. The van der Waals surface area contributed by atoms with Crippen molar-refractivity contribution in [3.05, 3.63) is 41.5 Å². The minimum atomic E-state index is 0.203. The van der Waals surface area contributed by atoms with Gasteiger partial charge >= 0.3 is 0 Å². The minimum absolute atomic E-state index is 0.203. The molecule has 0 aliphatic carbocycles. The Bertz CT molecular complexity index is 542. The number of amides is 1. The second-order valence-corrected chi connectivity index (χ2v) is 6.01. The third-order valence-electron chi connectivity index (χ3n) is 4.61. The lowest BCUT2D eigenvalue weighted by Crippen LogP contribution is -2.36. The van der Waals surface area contributed by atoms with Crippen LogP contribution < -0.4 is 5.32 Å². The lowest BCUT2D eigenvalue weighted by molar-refractivity contribution is -0.129. The average molecular weight is 283 g/mol. The minimum Gasteiger partial charge on any atom is -0.343 e. The topological polar surface area (TPSA) is 32.3 Å². The number of nitrogens with one attached hydrogen (secondary N) is 1. The largest absolute Gasteiger partial charge is 0.343 e. The van der Waals surface area contributed by atoms with E-state index in [1.807, 2.05) is 4.90 Å². The Labute approximate surface area is 127 Å². The molecule has 21 heavy (non-hydrogen) atoms. The van der Waals surface area contributed by atoms with Crippen LogP contribution in [0.5, 0.6) is 0 Å². The summed E-state index contributed by atoms with van der Waals surface area (Å²) in [5, 5.41) is 3.42. The predicted molar refractivity (Wildman–Crippen MR) is 85.0 cm³/mol. The van der Waals surface area contributed by atoms with Gasteiger partial charge in [0.15, 0.2) is 0 Å². The van der Waals surface area contributed by atoms with Crippen molar-refractivity contribution in [1.29, 1.82) is 0 Å². The van der Waals surface area contributed by atoms with Crippen molar-refractivity contribution in [2.45, 2.75) is 32.1 Å². The van der Waals surface area contributed by atoms with Crippen molar-refractivity contribution in [1.82, 2.24) is 10.2 Å². The quantitative estimate of drug-likeness (QED) is 0.905. The van der Waals surface area contributed by atoms with Crippen molar-refractivity contribution in [3.63, 3.8) is 0 Å². The van der Waals surface area contributed by atoms with Crippen LogP contribution in [0, 0.1) is 6.07 Å². The van der Waals surface area contributed by atoms with Crippen molar-refractivity contribution in [3.8, 4) is 0 Å². The van der Waals surface area contributed by atoms with E-state index in [4.69, 9.17) is 0 Å². The molecule has 1 fully saturated rings. The highest BCUT2D eigenvalue weighted by molar-refractivity contribution is 5.73. The van der Waals surface area contributed by atoms with Crippen LogP contribution in [0.25, 0.3) is 5.57 Å². The van der Waals surface area contributed by atoms with E-state index < -0.39 is 0 Å². The molecule has 1 radical (unpaired) electrons. The highest BCUT2D eigenvalue weighted by atomic mass is 16.2. The van der Waals surface area contributed by atoms with Gasteiger partial charge in [0.05, 0.1) is 0 Å². The summed E-state index contributed by atoms with van der Waals surface area (Å²) in [5.74, 6) is 0.778. The van der Waals surface area contributed by atoms with Crippen LogP contribution in [-0.2, 0) is 4.79 Å². The predicted octanol–water partition coefficient (Wildman–Crippen LogP) is 2.59. The van der Waals surface area contributed by atoms with Crippen molar-refractivity contribution in [2.75, 3.05) is 26.2 Å². The Balaban J connectivity index is 1.72. The molecule has 1 N–H and O–H groups in total. The molecule has 3 nitrogen and oxygen atoms in total. The normalized spacial score (nSPS) is 20.2. The van der Waals surface area contributed by atoms with Crippen LogP contribution in [0.4, 0.5) is 0 Å². The Morgan fingerprint density at radius 3 is 2.86 bits per heavy atom. The van der Waals surface area contributed by atoms with Gasteiger partial charge in [0.2, 0.25) is 5.91 Å². The maximum atomic E-state index is 11.4. The fraction of sp³-hybridized carbons (Fsp3) is 0.500. The molecule has 111 valence electrons. The van der Waals surface area contributed by atoms with Gasteiger partial charge in [0.25, 0.3) is 0 Å². The van der Waals surface area contributed by atoms with Crippen LogP contribution in [0.1, 0.15) is 43.2 Å². The number of rotatable bonds is 2. The van der Waals surface area contributed by atoms with Gasteiger partial charge in [0.1, 0.15) is 0 Å². The van der Waals surface area contributed by atoms with Gasteiger partial charge < -0.3 is 10.2 Å². The zero-order valence-corrected chi connectivity index (χ0v) is 12.7. The molecule has 3 heteroatoms. The van der Waals surface area contributed by atoms with Gasteiger partial charge in [-0.15, -0.1) is 0 Å². The van der Waals surface area contributed by atoms with Gasteiger partial charge in [-0.05, 0) is 54.5 Å². The highest BCUT2D eigenvalue weighted by Crippen LogP contribution is 2.30. The molecule has 0 aromatic heterocycles. The molecule has 2 aliphatic rings. The summed E-state index contributed by atoms with van der Waals surface area (Å²) in [5.41, 5.74) is 4.00. The molecule has 1 aromatic rings. The fourth-order valence-electron chi connectivity index (χ4n) is 3.30. The lowest BCUT2D eigenvalue weighted by atomic mass is 9.87. The van der Waals surface area contributed by atoms with Gasteiger partial charge in [-0.2, -0.15) is 0 Å². The van der Waals surface area contributed by atoms with Crippen molar-refractivity contribution < 1.29 is 4.79 Å². The lowest BCUT2D eigenvalue weighted by Gasteiger charge is -2.31. The van der Waals surface area contributed by atoms with Crippen LogP contribution in [-0.4, -0.2) is 37.0 Å². The maximum Gasteiger partial charge on any atom is 0.219 e. The van der Waals surface area contributed by atoms with Crippen LogP contribution >= 0.6 is 0 Å². The zero-order valence-electron chi connectivity index (χ0n) is 12.7. The molecular weight excluding hydrogens is 260 g/mol. The monoisotopic (exact) mass is 283 g/mol. The van der Waals surface area contributed by atoms with Crippen LogP contribution in [0.15, 0.2) is 24.3 Å². The zero-order chi connectivity index (χ0) is 14.7. The first kappa shape index (κ1) is 14.3.